The number of amides is 4. The van der Waals surface area contributed by atoms with Crippen molar-refractivity contribution in [3.63, 3.8) is 0 Å². The van der Waals surface area contributed by atoms with Crippen molar-refractivity contribution < 1.29 is 32.7 Å². The molecule has 2 aromatic heterocycles. The Labute approximate surface area is 239 Å². The molecule has 4 rings (SSSR count). The van der Waals surface area contributed by atoms with Gasteiger partial charge in [0.25, 0.3) is 5.91 Å². The Morgan fingerprint density at radius 1 is 1.22 bits per heavy atom. The molecule has 4 N–H and O–H groups in total. The fraction of sp³-hybridized carbons (Fsp3) is 0.370. The van der Waals surface area contributed by atoms with Crippen LogP contribution in [0.15, 0.2) is 36.7 Å². The Hall–Kier alpha value is -4.26. The van der Waals surface area contributed by atoms with Gasteiger partial charge in [0.2, 0.25) is 11.8 Å². The average molecular weight is 591 g/mol. The molecule has 0 spiro atoms. The number of aromatic nitrogens is 2. The van der Waals surface area contributed by atoms with Crippen LogP contribution in [0.4, 0.5) is 19.3 Å². The van der Waals surface area contributed by atoms with Gasteiger partial charge in [-0.1, -0.05) is 23.7 Å². The molecule has 0 unspecified atom stereocenters. The number of nitrogens with one attached hydrogen (secondary N) is 2. The molecule has 0 radical (unpaired) electrons. The summed E-state index contributed by atoms with van der Waals surface area (Å²) in [6.07, 6.45) is 0.192. The van der Waals surface area contributed by atoms with E-state index in [2.05, 4.69) is 15.6 Å². The maximum Gasteiger partial charge on any atom is 0.412 e. The number of likely N-dealkylation sites (tertiary alicyclic amines) is 1. The highest BCUT2D eigenvalue weighted by Crippen LogP contribution is 2.29. The molecule has 0 aliphatic carbocycles. The number of benzene rings is 1. The van der Waals surface area contributed by atoms with Crippen molar-refractivity contribution in [2.24, 2.45) is 5.73 Å². The van der Waals surface area contributed by atoms with Crippen molar-refractivity contribution in [2.45, 2.75) is 58.1 Å². The molecule has 1 fully saturated rings. The first-order valence-electron chi connectivity index (χ1n) is 12.7. The van der Waals surface area contributed by atoms with Crippen LogP contribution in [-0.4, -0.2) is 62.6 Å². The van der Waals surface area contributed by atoms with Crippen LogP contribution in [-0.2, 0) is 27.4 Å². The van der Waals surface area contributed by atoms with Gasteiger partial charge in [0.15, 0.2) is 0 Å². The molecule has 14 heteroatoms. The Balaban J connectivity index is 1.53. The van der Waals surface area contributed by atoms with Gasteiger partial charge in [0, 0.05) is 36.3 Å². The monoisotopic (exact) mass is 590 g/mol. The number of hydrogen-bond acceptors (Lipinski definition) is 6. The maximum atomic E-state index is 14.4. The molecule has 2 atom stereocenters. The number of hydrogen-bond donors (Lipinski definition) is 3. The number of anilines is 1. The number of alkyl halides is 1. The lowest BCUT2D eigenvalue weighted by atomic mass is 10.1. The minimum atomic E-state index is -1.43. The smallest absolute Gasteiger partial charge is 0.412 e. The van der Waals surface area contributed by atoms with Gasteiger partial charge in [0.1, 0.15) is 35.8 Å². The molecule has 3 aromatic rings. The lowest BCUT2D eigenvalue weighted by Gasteiger charge is -2.24. The summed E-state index contributed by atoms with van der Waals surface area (Å²) in [5.74, 6) is -2.72. The Morgan fingerprint density at radius 3 is 2.63 bits per heavy atom. The first-order valence-corrected chi connectivity index (χ1v) is 13.0. The summed E-state index contributed by atoms with van der Waals surface area (Å²) < 4.78 is 35.3. The number of rotatable bonds is 7. The van der Waals surface area contributed by atoms with E-state index < -0.39 is 47.4 Å². The third-order valence-electron chi connectivity index (χ3n) is 6.34. The van der Waals surface area contributed by atoms with Crippen LogP contribution in [0.1, 0.15) is 43.1 Å². The van der Waals surface area contributed by atoms with E-state index in [0.29, 0.717) is 5.39 Å². The predicted octanol–water partition coefficient (Wildman–Crippen LogP) is 3.53. The Bertz CT molecular complexity index is 1520. The number of pyridine rings is 1. The van der Waals surface area contributed by atoms with Crippen molar-refractivity contribution in [1.29, 1.82) is 0 Å². The molecular weight excluding hydrogens is 562 g/mol. The van der Waals surface area contributed by atoms with Gasteiger partial charge < -0.3 is 25.3 Å². The number of nitrogens with two attached hydrogens (primary N) is 1. The van der Waals surface area contributed by atoms with Gasteiger partial charge in [-0.25, -0.2) is 18.6 Å². The summed E-state index contributed by atoms with van der Waals surface area (Å²) in [5.41, 5.74) is 5.02. The highest BCUT2D eigenvalue weighted by Gasteiger charge is 2.40. The summed E-state index contributed by atoms with van der Waals surface area (Å²) >= 11 is 5.79. The summed E-state index contributed by atoms with van der Waals surface area (Å²) in [5, 5.41) is 5.29. The Morgan fingerprint density at radius 2 is 1.95 bits per heavy atom. The van der Waals surface area contributed by atoms with Crippen LogP contribution < -0.4 is 16.4 Å². The first kappa shape index (κ1) is 29.7. The summed E-state index contributed by atoms with van der Waals surface area (Å²) in [6, 6.07) is 4.78. The zero-order valence-electron chi connectivity index (χ0n) is 22.5. The molecule has 3 heterocycles. The molecule has 0 saturated carbocycles. The summed E-state index contributed by atoms with van der Waals surface area (Å²) in [7, 11) is 0. The highest BCUT2D eigenvalue weighted by molar-refractivity contribution is 6.30. The summed E-state index contributed by atoms with van der Waals surface area (Å²) in [6.45, 7) is 4.21. The standard InChI is InChI=1S/C27H29ClF2N6O5/c1-27(2,3)41-26(40)34-22-16-7-8-35(24(16)32-11-17(22)23(31)38)13-20(37)36-12-15(29)9-19(36)25(39)33-10-14-5-4-6-18(28)21(14)30/h4-8,11,15,19H,9-10,12-13H2,1-3H3,(H2,31,38)(H,33,39)(H,32,34,40)/t15-,19+/m1/s1. The third kappa shape index (κ3) is 6.73. The van der Waals surface area contributed by atoms with E-state index in [1.165, 1.54) is 35.0 Å². The second-order valence-corrected chi connectivity index (χ2v) is 11.0. The minimum Gasteiger partial charge on any atom is -0.444 e. The number of ether oxygens (including phenoxy) is 1. The van der Waals surface area contributed by atoms with Gasteiger partial charge in [-0.15, -0.1) is 0 Å². The van der Waals surface area contributed by atoms with E-state index in [9.17, 15) is 28.0 Å². The number of halogens is 3. The number of primary amides is 1. The van der Waals surface area contributed by atoms with E-state index in [1.807, 2.05) is 0 Å². The van der Waals surface area contributed by atoms with E-state index >= 15 is 0 Å². The quantitative estimate of drug-likeness (QED) is 0.383. The molecule has 1 aromatic carbocycles. The molecule has 11 nitrogen and oxygen atoms in total. The Kier molecular flexibility index (Phi) is 8.47. The highest BCUT2D eigenvalue weighted by atomic mass is 35.5. The zero-order chi connectivity index (χ0) is 30.1. The largest absolute Gasteiger partial charge is 0.444 e. The average Bonchev–Trinajstić information content (AvgIpc) is 3.47. The van der Waals surface area contributed by atoms with Crippen molar-refractivity contribution in [2.75, 3.05) is 11.9 Å². The van der Waals surface area contributed by atoms with Crippen LogP contribution >= 0.6 is 11.6 Å². The van der Waals surface area contributed by atoms with Gasteiger partial charge in [0.05, 0.1) is 22.8 Å². The SMILES string of the molecule is CC(C)(C)OC(=O)Nc1c(C(N)=O)cnc2c1ccn2CC(=O)N1C[C@H](F)C[C@H]1C(=O)NCc1cccc(Cl)c1F. The zero-order valence-corrected chi connectivity index (χ0v) is 23.3. The molecule has 0 bridgehead atoms. The predicted molar refractivity (Wildman–Crippen MR) is 146 cm³/mol. The molecule has 41 heavy (non-hydrogen) atoms. The molecule has 1 aliphatic heterocycles. The molecule has 1 saturated heterocycles. The third-order valence-corrected chi connectivity index (χ3v) is 6.64. The van der Waals surface area contributed by atoms with Crippen molar-refractivity contribution in [3.05, 3.63) is 58.6 Å². The maximum absolute atomic E-state index is 14.4. The minimum absolute atomic E-state index is 0.0541. The van der Waals surface area contributed by atoms with Gasteiger partial charge in [-0.3, -0.25) is 19.7 Å². The fourth-order valence-corrected chi connectivity index (χ4v) is 4.72. The lowest BCUT2D eigenvalue weighted by molar-refractivity contribution is -0.139. The molecule has 218 valence electrons. The molecule has 1 aliphatic rings. The lowest BCUT2D eigenvalue weighted by Crippen LogP contribution is -2.46. The van der Waals surface area contributed by atoms with Crippen LogP contribution in [0.5, 0.6) is 0 Å². The van der Waals surface area contributed by atoms with Crippen LogP contribution in [0, 0.1) is 5.82 Å². The number of carbonyl (C=O) groups excluding carboxylic acids is 4. The van der Waals surface area contributed by atoms with E-state index in [0.717, 1.165) is 11.1 Å². The fourth-order valence-electron chi connectivity index (χ4n) is 4.52. The van der Waals surface area contributed by atoms with Crippen LogP contribution in [0.3, 0.4) is 0 Å². The second-order valence-electron chi connectivity index (χ2n) is 10.5. The number of carbonyl (C=O) groups is 4. The van der Waals surface area contributed by atoms with Crippen LogP contribution in [0.25, 0.3) is 11.0 Å². The second kappa shape index (κ2) is 11.7. The van der Waals surface area contributed by atoms with E-state index in [1.54, 1.807) is 20.8 Å². The van der Waals surface area contributed by atoms with E-state index in [-0.39, 0.29) is 53.5 Å². The number of nitrogens with zero attached hydrogens (tertiary/aromatic N) is 3. The molecular formula is C27H29ClF2N6O5. The van der Waals surface area contributed by atoms with Crippen molar-refractivity contribution >= 4 is 52.1 Å². The summed E-state index contributed by atoms with van der Waals surface area (Å²) in [4.78, 5) is 56.0. The topological polar surface area (TPSA) is 149 Å². The number of fused-ring (bicyclic) bond motifs is 1. The van der Waals surface area contributed by atoms with Crippen molar-refractivity contribution in [1.82, 2.24) is 19.8 Å². The first-order chi connectivity index (χ1) is 19.2. The van der Waals surface area contributed by atoms with Crippen molar-refractivity contribution in [3.8, 4) is 0 Å². The van der Waals surface area contributed by atoms with Gasteiger partial charge >= 0.3 is 6.09 Å². The van der Waals surface area contributed by atoms with Crippen LogP contribution in [0.2, 0.25) is 5.02 Å². The van der Waals surface area contributed by atoms with E-state index in [4.69, 9.17) is 22.1 Å². The van der Waals surface area contributed by atoms with Gasteiger partial charge in [-0.2, -0.15) is 0 Å². The van der Waals surface area contributed by atoms with Gasteiger partial charge in [-0.05, 0) is 32.9 Å². The molecule has 4 amide bonds. The normalized spacial score (nSPS) is 17.0.